The number of hydrogen-bond acceptors (Lipinski definition) is 3. The Morgan fingerprint density at radius 2 is 1.88 bits per heavy atom. The van der Waals surface area contributed by atoms with Gasteiger partial charge in [-0.05, 0) is 40.2 Å². The van der Waals surface area contributed by atoms with Crippen LogP contribution in [0.5, 0.6) is 0 Å². The molecule has 0 radical (unpaired) electrons. The van der Waals surface area contributed by atoms with Gasteiger partial charge in [0.2, 0.25) is 5.91 Å². The van der Waals surface area contributed by atoms with Crippen molar-refractivity contribution in [3.63, 3.8) is 0 Å². The molecule has 25 heavy (non-hydrogen) atoms. The predicted molar refractivity (Wildman–Crippen MR) is 104 cm³/mol. The Morgan fingerprint density at radius 3 is 2.44 bits per heavy atom. The number of aryl methyl sites for hydroxylation is 1. The second-order valence-electron chi connectivity index (χ2n) is 7.67. The number of carbonyl (C=O) groups excluding carboxylic acids is 2. The van der Waals surface area contributed by atoms with Crippen LogP contribution in [-0.2, 0) is 4.79 Å². The summed E-state index contributed by atoms with van der Waals surface area (Å²) < 4.78 is 0. The minimum absolute atomic E-state index is 0.0159. The average Bonchev–Trinajstić information content (AvgIpc) is 2.79. The molecule has 1 aliphatic heterocycles. The van der Waals surface area contributed by atoms with Gasteiger partial charge in [0.1, 0.15) is 5.37 Å². The molecule has 1 aromatic rings. The Hall–Kier alpha value is -1.69. The highest BCUT2D eigenvalue weighted by Gasteiger charge is 2.38. The molecule has 138 valence electrons. The van der Waals surface area contributed by atoms with Crippen molar-refractivity contribution in [2.24, 2.45) is 0 Å². The Kier molecular flexibility index (Phi) is 6.03. The molecule has 5 nitrogen and oxygen atoms in total. The summed E-state index contributed by atoms with van der Waals surface area (Å²) in [6.07, 6.45) is 0. The molecule has 0 spiro atoms. The Labute approximate surface area is 155 Å². The monoisotopic (exact) mass is 363 g/mol. The number of likely N-dealkylation sites (N-methyl/N-ethyl adjacent to an activating group) is 1. The maximum Gasteiger partial charge on any atom is 0.317 e. The molecule has 0 bridgehead atoms. The second kappa shape index (κ2) is 7.68. The number of nitrogens with zero attached hydrogens (tertiary/aromatic N) is 2. The van der Waals surface area contributed by atoms with Gasteiger partial charge in [-0.15, -0.1) is 11.8 Å². The van der Waals surface area contributed by atoms with Crippen molar-refractivity contribution < 1.29 is 9.59 Å². The lowest BCUT2D eigenvalue weighted by Crippen LogP contribution is -2.49. The van der Waals surface area contributed by atoms with E-state index in [0.717, 1.165) is 5.56 Å². The molecular weight excluding hydrogens is 334 g/mol. The highest BCUT2D eigenvalue weighted by atomic mass is 32.2. The van der Waals surface area contributed by atoms with Crippen molar-refractivity contribution in [2.45, 2.75) is 50.8 Å². The Balaban J connectivity index is 2.03. The first-order valence-electron chi connectivity index (χ1n) is 8.64. The fourth-order valence-electron chi connectivity index (χ4n) is 2.67. The van der Waals surface area contributed by atoms with Gasteiger partial charge in [0.25, 0.3) is 0 Å². The van der Waals surface area contributed by atoms with Crippen molar-refractivity contribution in [2.75, 3.05) is 20.1 Å². The predicted octanol–water partition coefficient (Wildman–Crippen LogP) is 3.40. The maximum atomic E-state index is 12.6. The number of rotatable bonds is 4. The molecule has 0 unspecified atom stereocenters. The van der Waals surface area contributed by atoms with E-state index in [-0.39, 0.29) is 28.1 Å². The topological polar surface area (TPSA) is 52.7 Å². The van der Waals surface area contributed by atoms with E-state index in [9.17, 15) is 9.59 Å². The molecule has 1 saturated heterocycles. The van der Waals surface area contributed by atoms with Crippen LogP contribution in [0, 0.1) is 6.92 Å². The average molecular weight is 364 g/mol. The van der Waals surface area contributed by atoms with Crippen LogP contribution in [0.15, 0.2) is 24.3 Å². The zero-order valence-electron chi connectivity index (χ0n) is 16.0. The van der Waals surface area contributed by atoms with Crippen LogP contribution in [0.1, 0.15) is 44.2 Å². The van der Waals surface area contributed by atoms with Crippen molar-refractivity contribution in [3.8, 4) is 0 Å². The van der Waals surface area contributed by atoms with E-state index in [0.29, 0.717) is 13.1 Å². The van der Waals surface area contributed by atoms with Gasteiger partial charge in [0.15, 0.2) is 0 Å². The summed E-state index contributed by atoms with van der Waals surface area (Å²) in [5.74, 6) is 0.139. The smallest absolute Gasteiger partial charge is 0.317 e. The van der Waals surface area contributed by atoms with E-state index in [4.69, 9.17) is 0 Å². The van der Waals surface area contributed by atoms with Gasteiger partial charge in [-0.2, -0.15) is 0 Å². The van der Waals surface area contributed by atoms with Crippen molar-refractivity contribution in [1.82, 2.24) is 15.1 Å². The van der Waals surface area contributed by atoms with E-state index >= 15 is 0 Å². The van der Waals surface area contributed by atoms with Crippen molar-refractivity contribution in [1.29, 1.82) is 0 Å². The molecule has 0 saturated carbocycles. The van der Waals surface area contributed by atoms with E-state index in [1.54, 1.807) is 23.7 Å². The summed E-state index contributed by atoms with van der Waals surface area (Å²) in [6, 6.07) is 8.20. The normalized spacial score (nSPS) is 20.7. The largest absolute Gasteiger partial charge is 0.333 e. The summed E-state index contributed by atoms with van der Waals surface area (Å²) >= 11 is 1.67. The van der Waals surface area contributed by atoms with Gasteiger partial charge in [0, 0.05) is 25.7 Å². The molecule has 1 fully saturated rings. The number of urea groups is 1. The zero-order chi connectivity index (χ0) is 18.8. The van der Waals surface area contributed by atoms with Crippen LogP contribution < -0.4 is 5.32 Å². The zero-order valence-corrected chi connectivity index (χ0v) is 16.8. The molecule has 1 heterocycles. The highest BCUT2D eigenvalue weighted by molar-refractivity contribution is 8.01. The second-order valence-corrected chi connectivity index (χ2v) is 9.10. The molecule has 0 aliphatic carbocycles. The van der Waals surface area contributed by atoms with Gasteiger partial charge in [-0.3, -0.25) is 4.79 Å². The number of hydrogen-bond donors (Lipinski definition) is 1. The molecule has 6 heteroatoms. The molecular formula is C19H29N3O2S. The van der Waals surface area contributed by atoms with Gasteiger partial charge >= 0.3 is 6.03 Å². The van der Waals surface area contributed by atoms with E-state index in [1.165, 1.54) is 5.56 Å². The number of benzene rings is 1. The third-order valence-electron chi connectivity index (χ3n) is 4.11. The first-order chi connectivity index (χ1) is 11.6. The summed E-state index contributed by atoms with van der Waals surface area (Å²) in [4.78, 5) is 28.3. The quantitative estimate of drug-likeness (QED) is 0.892. The van der Waals surface area contributed by atoms with Crippen molar-refractivity contribution in [3.05, 3.63) is 35.4 Å². The molecule has 1 aromatic carbocycles. The Morgan fingerprint density at radius 1 is 1.28 bits per heavy atom. The SMILES string of the molecule is Cc1ccc([C@H]2S[C@@H](C)C(=O)N2CCN(C)C(=O)NC(C)(C)C)cc1. The summed E-state index contributed by atoms with van der Waals surface area (Å²) in [5.41, 5.74) is 2.07. The van der Waals surface area contributed by atoms with Gasteiger partial charge < -0.3 is 15.1 Å². The number of nitrogens with one attached hydrogen (secondary N) is 1. The Bertz CT molecular complexity index is 625. The highest BCUT2D eigenvalue weighted by Crippen LogP contribution is 2.42. The van der Waals surface area contributed by atoms with Gasteiger partial charge in [-0.25, -0.2) is 4.79 Å². The van der Waals surface area contributed by atoms with E-state index < -0.39 is 0 Å². The standard InChI is InChI=1S/C19H29N3O2S/c1-13-7-9-15(10-8-13)17-22(16(23)14(2)25-17)12-11-21(6)18(24)20-19(3,4)5/h7-10,14,17H,11-12H2,1-6H3,(H,20,24)/t14-,17+/m0/s1. The van der Waals surface area contributed by atoms with Crippen LogP contribution in [0.3, 0.4) is 0 Å². The summed E-state index contributed by atoms with van der Waals surface area (Å²) in [5, 5.41) is 2.90. The van der Waals surface area contributed by atoms with Gasteiger partial charge in [0.05, 0.1) is 5.25 Å². The fraction of sp³-hybridized carbons (Fsp3) is 0.579. The molecule has 1 N–H and O–H groups in total. The van der Waals surface area contributed by atoms with Crippen LogP contribution in [0.4, 0.5) is 4.79 Å². The lowest BCUT2D eigenvalue weighted by Gasteiger charge is -2.29. The summed E-state index contributed by atoms with van der Waals surface area (Å²) in [6.45, 7) is 10.9. The third kappa shape index (κ3) is 5.14. The van der Waals surface area contributed by atoms with Crippen LogP contribution >= 0.6 is 11.8 Å². The summed E-state index contributed by atoms with van der Waals surface area (Å²) in [7, 11) is 1.76. The molecule has 0 aromatic heterocycles. The van der Waals surface area contributed by atoms with Gasteiger partial charge in [-0.1, -0.05) is 29.8 Å². The first kappa shape index (κ1) is 19.6. The minimum Gasteiger partial charge on any atom is -0.333 e. The third-order valence-corrected chi connectivity index (χ3v) is 5.51. The molecule has 2 atom stereocenters. The molecule has 2 rings (SSSR count). The lowest BCUT2D eigenvalue weighted by molar-refractivity contribution is -0.129. The first-order valence-corrected chi connectivity index (χ1v) is 9.58. The van der Waals surface area contributed by atoms with E-state index in [2.05, 4.69) is 36.5 Å². The number of thioether (sulfide) groups is 1. The number of amides is 3. The van der Waals surface area contributed by atoms with Crippen molar-refractivity contribution >= 4 is 23.7 Å². The lowest BCUT2D eigenvalue weighted by atomic mass is 10.1. The number of carbonyl (C=O) groups is 2. The maximum absolute atomic E-state index is 12.6. The van der Waals surface area contributed by atoms with Crippen LogP contribution in [0.25, 0.3) is 0 Å². The van der Waals surface area contributed by atoms with E-state index in [1.807, 2.05) is 32.6 Å². The fourth-order valence-corrected chi connectivity index (χ4v) is 3.98. The van der Waals surface area contributed by atoms with Crippen LogP contribution in [-0.4, -0.2) is 52.7 Å². The molecule has 3 amide bonds. The van der Waals surface area contributed by atoms with Crippen LogP contribution in [0.2, 0.25) is 0 Å². The molecule has 1 aliphatic rings. The minimum atomic E-state index is -0.274.